The minimum atomic E-state index is -0.461. The molecule has 0 N–H and O–H groups in total. The predicted octanol–water partition coefficient (Wildman–Crippen LogP) is 3.85. The highest BCUT2D eigenvalue weighted by atomic mass is 32.2. The molecular weight excluding hydrogens is 392 g/mol. The van der Waals surface area contributed by atoms with Crippen LogP contribution in [0.3, 0.4) is 0 Å². The molecule has 8 nitrogen and oxygen atoms in total. The Labute approximate surface area is 172 Å². The summed E-state index contributed by atoms with van der Waals surface area (Å²) in [5.74, 6) is 0.746. The molecule has 1 saturated heterocycles. The first-order valence-corrected chi connectivity index (χ1v) is 9.86. The number of benzene rings is 2. The number of nitro groups is 1. The van der Waals surface area contributed by atoms with Gasteiger partial charge in [-0.1, -0.05) is 43.0 Å². The lowest BCUT2D eigenvalue weighted by molar-refractivity contribution is -0.384. The van der Waals surface area contributed by atoms with Crippen LogP contribution in [0.4, 0.5) is 5.69 Å². The summed E-state index contributed by atoms with van der Waals surface area (Å²) in [6.45, 7) is 2.34. The molecule has 0 spiro atoms. The molecule has 2 aromatic rings. The molecule has 0 aromatic heterocycles. The maximum absolute atomic E-state index is 12.7. The minimum absolute atomic E-state index is 0.00221. The summed E-state index contributed by atoms with van der Waals surface area (Å²) in [5, 5.41) is 19.5. The van der Waals surface area contributed by atoms with Crippen LogP contribution in [-0.4, -0.2) is 39.5 Å². The number of nitrogens with zero attached hydrogens (tertiary/aromatic N) is 4. The number of methoxy groups -OCH3 is 1. The predicted molar refractivity (Wildman–Crippen MR) is 113 cm³/mol. The lowest BCUT2D eigenvalue weighted by Gasteiger charge is -2.16. The number of amidine groups is 1. The highest BCUT2D eigenvalue weighted by Gasteiger charge is 2.36. The maximum Gasteiger partial charge on any atom is 0.270 e. The topological polar surface area (TPSA) is 97.4 Å². The molecule has 1 heterocycles. The summed E-state index contributed by atoms with van der Waals surface area (Å²) in [6, 6.07) is 13.6. The number of ether oxygens (including phenoxy) is 1. The van der Waals surface area contributed by atoms with Crippen LogP contribution in [-0.2, 0) is 11.3 Å². The Balaban J connectivity index is 1.79. The fourth-order valence-corrected chi connectivity index (χ4v) is 3.79. The molecule has 0 radical (unpaired) electrons. The molecule has 0 aliphatic carbocycles. The standard InChI is InChI=1S/C20H20N4O4S/c1-3-18-19(25)23(13-14-7-9-17(28-2)10-8-14)20(29-18)22-21-12-15-5-4-6-16(11-15)24(26)27/h4-12,18H,3,13H2,1-2H3. The maximum atomic E-state index is 12.7. The molecule has 1 aliphatic rings. The van der Waals surface area contributed by atoms with Crippen molar-refractivity contribution in [3.63, 3.8) is 0 Å². The van der Waals surface area contributed by atoms with Gasteiger partial charge in [-0.15, -0.1) is 5.10 Å². The van der Waals surface area contributed by atoms with E-state index in [2.05, 4.69) is 10.2 Å². The van der Waals surface area contributed by atoms with Gasteiger partial charge in [0.05, 0.1) is 30.0 Å². The molecule has 1 unspecified atom stereocenters. The van der Waals surface area contributed by atoms with Crippen molar-refractivity contribution in [3.05, 3.63) is 69.8 Å². The van der Waals surface area contributed by atoms with Crippen molar-refractivity contribution in [2.75, 3.05) is 7.11 Å². The van der Waals surface area contributed by atoms with Crippen molar-refractivity contribution >= 4 is 34.7 Å². The van der Waals surface area contributed by atoms with Gasteiger partial charge in [0.25, 0.3) is 5.69 Å². The first-order chi connectivity index (χ1) is 14.0. The van der Waals surface area contributed by atoms with E-state index in [0.717, 1.165) is 11.3 Å². The highest BCUT2D eigenvalue weighted by molar-refractivity contribution is 8.15. The number of thioether (sulfide) groups is 1. The lowest BCUT2D eigenvalue weighted by atomic mass is 10.2. The van der Waals surface area contributed by atoms with Gasteiger partial charge >= 0.3 is 0 Å². The van der Waals surface area contributed by atoms with E-state index in [-0.39, 0.29) is 16.8 Å². The number of hydrogen-bond donors (Lipinski definition) is 0. The normalized spacial score (nSPS) is 18.0. The first kappa shape index (κ1) is 20.5. The van der Waals surface area contributed by atoms with Crippen molar-refractivity contribution in [1.29, 1.82) is 0 Å². The molecule has 9 heteroatoms. The van der Waals surface area contributed by atoms with E-state index in [4.69, 9.17) is 4.74 Å². The zero-order valence-corrected chi connectivity index (χ0v) is 16.8. The van der Waals surface area contributed by atoms with Crippen molar-refractivity contribution in [2.45, 2.75) is 25.1 Å². The van der Waals surface area contributed by atoms with Crippen LogP contribution in [0, 0.1) is 10.1 Å². The van der Waals surface area contributed by atoms with Crippen molar-refractivity contribution < 1.29 is 14.5 Å². The number of carbonyl (C=O) groups excluding carboxylic acids is 1. The van der Waals surface area contributed by atoms with Crippen LogP contribution in [0.25, 0.3) is 0 Å². The van der Waals surface area contributed by atoms with Gasteiger partial charge in [0.2, 0.25) is 5.91 Å². The summed E-state index contributed by atoms with van der Waals surface area (Å²) in [4.78, 5) is 24.7. The SMILES string of the molecule is CCC1SC(=NN=Cc2cccc([N+](=O)[O-])c2)N(Cc2ccc(OC)cc2)C1=O. The lowest BCUT2D eigenvalue weighted by Crippen LogP contribution is -2.31. The highest BCUT2D eigenvalue weighted by Crippen LogP contribution is 2.31. The largest absolute Gasteiger partial charge is 0.497 e. The zero-order chi connectivity index (χ0) is 20.8. The second-order valence-electron chi connectivity index (χ2n) is 6.27. The summed E-state index contributed by atoms with van der Waals surface area (Å²) < 4.78 is 5.16. The van der Waals surface area contributed by atoms with E-state index in [1.165, 1.54) is 30.1 Å². The van der Waals surface area contributed by atoms with E-state index in [9.17, 15) is 14.9 Å². The fourth-order valence-electron chi connectivity index (χ4n) is 2.77. The Morgan fingerprint density at radius 3 is 2.69 bits per heavy atom. The van der Waals surface area contributed by atoms with E-state index in [0.29, 0.717) is 23.7 Å². The molecule has 2 aromatic carbocycles. The summed E-state index contributed by atoms with van der Waals surface area (Å²) in [5.41, 5.74) is 1.50. The average molecular weight is 412 g/mol. The van der Waals surface area contributed by atoms with Crippen LogP contribution < -0.4 is 4.74 Å². The second kappa shape index (κ2) is 9.33. The average Bonchev–Trinajstić information content (AvgIpc) is 3.03. The summed E-state index contributed by atoms with van der Waals surface area (Å²) in [6.07, 6.45) is 2.13. The van der Waals surface area contributed by atoms with E-state index >= 15 is 0 Å². The van der Waals surface area contributed by atoms with Gasteiger partial charge in [0.15, 0.2) is 5.17 Å². The molecule has 1 atom stereocenters. The molecule has 1 amide bonds. The monoisotopic (exact) mass is 412 g/mol. The molecule has 1 aliphatic heterocycles. The van der Waals surface area contributed by atoms with Crippen LogP contribution in [0.5, 0.6) is 5.75 Å². The Hall–Kier alpha value is -3.20. The van der Waals surface area contributed by atoms with Crippen molar-refractivity contribution in [2.24, 2.45) is 10.2 Å². The van der Waals surface area contributed by atoms with Crippen LogP contribution in [0.2, 0.25) is 0 Å². The molecule has 0 saturated carbocycles. The fraction of sp³-hybridized carbons (Fsp3) is 0.250. The Kier molecular flexibility index (Phi) is 6.61. The van der Waals surface area contributed by atoms with E-state index < -0.39 is 4.92 Å². The number of rotatable bonds is 7. The van der Waals surface area contributed by atoms with Gasteiger partial charge in [-0.3, -0.25) is 19.8 Å². The molecule has 3 rings (SSSR count). The molecule has 1 fully saturated rings. The van der Waals surface area contributed by atoms with Crippen LogP contribution in [0.15, 0.2) is 58.7 Å². The molecular formula is C20H20N4O4S. The minimum Gasteiger partial charge on any atom is -0.497 e. The van der Waals surface area contributed by atoms with Gasteiger partial charge < -0.3 is 4.74 Å². The van der Waals surface area contributed by atoms with Gasteiger partial charge in [-0.25, -0.2) is 0 Å². The zero-order valence-electron chi connectivity index (χ0n) is 16.0. The number of amides is 1. The van der Waals surface area contributed by atoms with Gasteiger partial charge in [-0.05, 0) is 24.1 Å². The van der Waals surface area contributed by atoms with Crippen LogP contribution in [0.1, 0.15) is 24.5 Å². The van der Waals surface area contributed by atoms with Gasteiger partial charge in [-0.2, -0.15) is 5.10 Å². The number of hydrogen-bond acceptors (Lipinski definition) is 7. The number of non-ortho nitro benzene ring substituents is 1. The van der Waals surface area contributed by atoms with Crippen molar-refractivity contribution in [3.8, 4) is 5.75 Å². The molecule has 29 heavy (non-hydrogen) atoms. The number of carbonyl (C=O) groups is 1. The Morgan fingerprint density at radius 1 is 1.28 bits per heavy atom. The number of nitro benzene ring substituents is 1. The Bertz CT molecular complexity index is 959. The van der Waals surface area contributed by atoms with Gasteiger partial charge in [0, 0.05) is 17.7 Å². The third-order valence-electron chi connectivity index (χ3n) is 4.32. The van der Waals surface area contributed by atoms with E-state index in [1.807, 2.05) is 31.2 Å². The summed E-state index contributed by atoms with van der Waals surface area (Å²) in [7, 11) is 1.60. The van der Waals surface area contributed by atoms with Crippen LogP contribution >= 0.6 is 11.8 Å². The molecule has 0 bridgehead atoms. The first-order valence-electron chi connectivity index (χ1n) is 8.98. The quantitative estimate of drug-likeness (QED) is 0.391. The van der Waals surface area contributed by atoms with E-state index in [1.54, 1.807) is 24.1 Å². The second-order valence-corrected chi connectivity index (χ2v) is 7.44. The van der Waals surface area contributed by atoms with Gasteiger partial charge in [0.1, 0.15) is 5.75 Å². The summed E-state index contributed by atoms with van der Waals surface area (Å²) >= 11 is 1.38. The smallest absolute Gasteiger partial charge is 0.270 e. The molecule has 150 valence electrons. The Morgan fingerprint density at radius 2 is 2.03 bits per heavy atom. The third-order valence-corrected chi connectivity index (χ3v) is 5.65. The third kappa shape index (κ3) is 5.00. The van der Waals surface area contributed by atoms with Crippen molar-refractivity contribution in [1.82, 2.24) is 4.90 Å².